The third-order valence-corrected chi connectivity index (χ3v) is 4.67. The SMILES string of the molecule is C[C@H]1C[NH+](C[C@H](O)COCCOc2ccc(C(C)(C)C)cc2)C[C@H](C)O1. The number of hydrogen-bond donors (Lipinski definition) is 2. The molecule has 0 bridgehead atoms. The first kappa shape index (κ1) is 21.2. The Balaban J connectivity index is 1.60. The van der Waals surface area contributed by atoms with Gasteiger partial charge in [-0.2, -0.15) is 0 Å². The molecule has 0 aromatic heterocycles. The predicted molar refractivity (Wildman–Crippen MR) is 103 cm³/mol. The van der Waals surface area contributed by atoms with Gasteiger partial charge in [0.25, 0.3) is 0 Å². The normalized spacial score (nSPS) is 25.1. The van der Waals surface area contributed by atoms with E-state index in [9.17, 15) is 5.11 Å². The highest BCUT2D eigenvalue weighted by Crippen LogP contribution is 2.24. The van der Waals surface area contributed by atoms with Gasteiger partial charge in [-0.15, -0.1) is 0 Å². The summed E-state index contributed by atoms with van der Waals surface area (Å²) >= 11 is 0. The molecule has 1 saturated heterocycles. The lowest BCUT2D eigenvalue weighted by Gasteiger charge is -2.33. The van der Waals surface area contributed by atoms with E-state index in [4.69, 9.17) is 14.2 Å². The minimum Gasteiger partial charge on any atom is -0.491 e. The number of benzene rings is 1. The second kappa shape index (κ2) is 9.70. The van der Waals surface area contributed by atoms with E-state index < -0.39 is 6.10 Å². The van der Waals surface area contributed by atoms with E-state index in [2.05, 4.69) is 46.8 Å². The van der Waals surface area contributed by atoms with E-state index in [1.807, 2.05) is 12.1 Å². The molecule has 2 N–H and O–H groups in total. The van der Waals surface area contributed by atoms with E-state index >= 15 is 0 Å². The number of morpholine rings is 1. The number of hydrogen-bond acceptors (Lipinski definition) is 4. The van der Waals surface area contributed by atoms with Crippen LogP contribution in [0.5, 0.6) is 5.75 Å². The lowest BCUT2D eigenvalue weighted by atomic mass is 9.87. The number of quaternary nitrogens is 1. The van der Waals surface area contributed by atoms with Gasteiger partial charge in [0.15, 0.2) is 0 Å². The van der Waals surface area contributed by atoms with Crippen molar-refractivity contribution in [2.45, 2.75) is 58.3 Å². The van der Waals surface area contributed by atoms with Crippen molar-refractivity contribution in [2.75, 3.05) is 39.5 Å². The molecule has 1 heterocycles. The van der Waals surface area contributed by atoms with Crippen molar-refractivity contribution >= 4 is 0 Å². The van der Waals surface area contributed by atoms with Gasteiger partial charge in [-0.05, 0) is 37.0 Å². The number of nitrogens with one attached hydrogen (secondary N) is 1. The Labute approximate surface area is 158 Å². The van der Waals surface area contributed by atoms with Crippen LogP contribution >= 0.6 is 0 Å². The summed E-state index contributed by atoms with van der Waals surface area (Å²) in [5.74, 6) is 0.850. The zero-order valence-corrected chi connectivity index (χ0v) is 17.0. The van der Waals surface area contributed by atoms with Gasteiger partial charge >= 0.3 is 0 Å². The van der Waals surface area contributed by atoms with Crippen LogP contribution in [0.25, 0.3) is 0 Å². The molecule has 0 radical (unpaired) electrons. The zero-order valence-electron chi connectivity index (χ0n) is 17.0. The molecule has 0 amide bonds. The standard InChI is InChI=1S/C21H35NO4/c1-16-12-22(13-17(2)26-16)14-19(23)15-24-10-11-25-20-8-6-18(7-9-20)21(3,4)5/h6-9,16-17,19,23H,10-15H2,1-5H3/p+1/t16-,17-,19-/m0/s1. The van der Waals surface area contributed by atoms with Crippen molar-refractivity contribution in [3.63, 3.8) is 0 Å². The molecule has 26 heavy (non-hydrogen) atoms. The molecule has 1 aromatic rings. The van der Waals surface area contributed by atoms with Crippen LogP contribution in [0.1, 0.15) is 40.2 Å². The molecule has 1 aromatic carbocycles. The summed E-state index contributed by atoms with van der Waals surface area (Å²) in [5.41, 5.74) is 1.44. The summed E-state index contributed by atoms with van der Waals surface area (Å²) in [6.07, 6.45) is 0.0495. The van der Waals surface area contributed by atoms with Crippen LogP contribution < -0.4 is 9.64 Å². The van der Waals surface area contributed by atoms with Gasteiger partial charge < -0.3 is 24.2 Å². The number of ether oxygens (including phenoxy) is 3. The molecule has 1 aliphatic heterocycles. The maximum absolute atomic E-state index is 10.2. The highest BCUT2D eigenvalue weighted by atomic mass is 16.5. The van der Waals surface area contributed by atoms with Gasteiger partial charge in [-0.3, -0.25) is 0 Å². The summed E-state index contributed by atoms with van der Waals surface area (Å²) in [7, 11) is 0. The van der Waals surface area contributed by atoms with Gasteiger partial charge in [0, 0.05) is 0 Å². The van der Waals surface area contributed by atoms with Crippen molar-refractivity contribution in [1.29, 1.82) is 0 Å². The summed E-state index contributed by atoms with van der Waals surface area (Å²) in [5, 5.41) is 10.2. The van der Waals surface area contributed by atoms with Crippen LogP contribution in [-0.4, -0.2) is 62.9 Å². The molecule has 0 saturated carbocycles. The minimum atomic E-state index is -0.450. The summed E-state index contributed by atoms with van der Waals surface area (Å²) in [6.45, 7) is 14.7. The summed E-state index contributed by atoms with van der Waals surface area (Å²) in [6, 6.07) is 8.21. The Morgan fingerprint density at radius 1 is 1.12 bits per heavy atom. The van der Waals surface area contributed by atoms with Crippen LogP contribution in [0.2, 0.25) is 0 Å². The second-order valence-corrected chi connectivity index (χ2v) is 8.47. The zero-order chi connectivity index (χ0) is 19.2. The first-order valence-electron chi connectivity index (χ1n) is 9.72. The van der Waals surface area contributed by atoms with E-state index in [0.717, 1.165) is 18.8 Å². The lowest BCUT2D eigenvalue weighted by molar-refractivity contribution is -0.918. The quantitative estimate of drug-likeness (QED) is 0.684. The monoisotopic (exact) mass is 366 g/mol. The average Bonchev–Trinajstić information content (AvgIpc) is 2.53. The molecule has 5 nitrogen and oxygen atoms in total. The second-order valence-electron chi connectivity index (χ2n) is 8.47. The molecule has 5 heteroatoms. The highest BCUT2D eigenvalue weighted by molar-refractivity contribution is 5.31. The van der Waals surface area contributed by atoms with Gasteiger partial charge in [0.1, 0.15) is 50.3 Å². The number of aliphatic hydroxyl groups excluding tert-OH is 1. The Kier molecular flexibility index (Phi) is 7.89. The minimum absolute atomic E-state index is 0.149. The molecule has 148 valence electrons. The topological polar surface area (TPSA) is 52.4 Å². The fourth-order valence-electron chi connectivity index (χ4n) is 3.44. The summed E-state index contributed by atoms with van der Waals surface area (Å²) in [4.78, 5) is 1.38. The number of rotatable bonds is 8. The van der Waals surface area contributed by atoms with Crippen molar-refractivity contribution in [3.8, 4) is 5.75 Å². The Morgan fingerprint density at radius 2 is 1.73 bits per heavy atom. The van der Waals surface area contributed by atoms with E-state index in [1.165, 1.54) is 10.5 Å². The molecule has 0 unspecified atom stereocenters. The molecule has 0 spiro atoms. The Morgan fingerprint density at radius 3 is 2.31 bits per heavy atom. The maximum Gasteiger partial charge on any atom is 0.126 e. The average molecular weight is 367 g/mol. The number of aliphatic hydroxyl groups is 1. The van der Waals surface area contributed by atoms with Crippen LogP contribution in [0, 0.1) is 0 Å². The first-order chi connectivity index (χ1) is 12.2. The van der Waals surface area contributed by atoms with Gasteiger partial charge in [0.05, 0.1) is 13.2 Å². The fraction of sp³-hybridized carbons (Fsp3) is 0.714. The molecule has 1 fully saturated rings. The molecular formula is C21H36NO4+. The van der Waals surface area contributed by atoms with Crippen molar-refractivity contribution in [2.24, 2.45) is 0 Å². The third kappa shape index (κ3) is 7.23. The largest absolute Gasteiger partial charge is 0.491 e. The van der Waals surface area contributed by atoms with Gasteiger partial charge in [0.2, 0.25) is 0 Å². The van der Waals surface area contributed by atoms with Crippen molar-refractivity contribution in [3.05, 3.63) is 29.8 Å². The Hall–Kier alpha value is -1.14. The van der Waals surface area contributed by atoms with Crippen LogP contribution in [0.15, 0.2) is 24.3 Å². The molecule has 2 rings (SSSR count). The molecular weight excluding hydrogens is 330 g/mol. The van der Waals surface area contributed by atoms with E-state index in [1.54, 1.807) is 0 Å². The highest BCUT2D eigenvalue weighted by Gasteiger charge is 2.27. The maximum atomic E-state index is 10.2. The van der Waals surface area contributed by atoms with Crippen LogP contribution in [0.4, 0.5) is 0 Å². The summed E-state index contributed by atoms with van der Waals surface area (Å²) < 4.78 is 17.0. The first-order valence-corrected chi connectivity index (χ1v) is 9.72. The lowest BCUT2D eigenvalue weighted by Crippen LogP contribution is -3.16. The molecule has 0 aliphatic carbocycles. The fourth-order valence-corrected chi connectivity index (χ4v) is 3.44. The smallest absolute Gasteiger partial charge is 0.126 e. The molecule has 3 atom stereocenters. The van der Waals surface area contributed by atoms with Crippen molar-refractivity contribution in [1.82, 2.24) is 0 Å². The van der Waals surface area contributed by atoms with Gasteiger partial charge in [-0.1, -0.05) is 32.9 Å². The molecule has 1 aliphatic rings. The van der Waals surface area contributed by atoms with Gasteiger partial charge in [-0.25, -0.2) is 0 Å². The third-order valence-electron chi connectivity index (χ3n) is 4.67. The van der Waals surface area contributed by atoms with E-state index in [0.29, 0.717) is 26.4 Å². The van der Waals surface area contributed by atoms with Crippen LogP contribution in [0.3, 0.4) is 0 Å². The van der Waals surface area contributed by atoms with Crippen molar-refractivity contribution < 1.29 is 24.2 Å². The van der Waals surface area contributed by atoms with E-state index in [-0.39, 0.29) is 17.6 Å². The van der Waals surface area contributed by atoms with Crippen LogP contribution in [-0.2, 0) is 14.9 Å². The Bertz CT molecular complexity index is 516. The predicted octanol–water partition coefficient (Wildman–Crippen LogP) is 1.43.